The lowest BCUT2D eigenvalue weighted by Crippen LogP contribution is -2.50. The lowest BCUT2D eigenvalue weighted by atomic mass is 9.93. The van der Waals surface area contributed by atoms with Crippen LogP contribution in [0.2, 0.25) is 5.02 Å². The van der Waals surface area contributed by atoms with Gasteiger partial charge in [-0.2, -0.15) is 0 Å². The maximum Gasteiger partial charge on any atom is 0.251 e. The Morgan fingerprint density at radius 3 is 2.50 bits per heavy atom. The Labute approximate surface area is 126 Å². The first-order chi connectivity index (χ1) is 8.48. The molecule has 0 bridgehead atoms. The van der Waals surface area contributed by atoms with E-state index in [1.54, 1.807) is 18.2 Å². The van der Waals surface area contributed by atoms with Gasteiger partial charge in [0.05, 0.1) is 17.2 Å². The lowest BCUT2D eigenvalue weighted by molar-refractivity contribution is 0.0818. The highest BCUT2D eigenvalue weighted by molar-refractivity contribution is 14.1. The quantitative estimate of drug-likeness (QED) is 0.770. The molecule has 0 spiro atoms. The van der Waals surface area contributed by atoms with Crippen molar-refractivity contribution in [1.82, 2.24) is 5.32 Å². The minimum absolute atomic E-state index is 0.0656. The zero-order chi connectivity index (χ0) is 13.8. The smallest absolute Gasteiger partial charge is 0.251 e. The highest BCUT2D eigenvalue weighted by Gasteiger charge is 2.27. The fourth-order valence-corrected chi connectivity index (χ4v) is 2.16. The summed E-state index contributed by atoms with van der Waals surface area (Å²) in [5.74, 6) is -0.203. The van der Waals surface area contributed by atoms with E-state index in [9.17, 15) is 9.90 Å². The highest BCUT2D eigenvalue weighted by Crippen LogP contribution is 2.21. The maximum atomic E-state index is 12.1. The molecule has 0 unspecified atom stereocenters. The molecule has 5 heteroatoms. The normalized spacial score (nSPS) is 11.4. The Bertz CT molecular complexity index is 425. The number of rotatable bonds is 5. The van der Waals surface area contributed by atoms with Crippen LogP contribution in [0.5, 0.6) is 0 Å². The largest absolute Gasteiger partial charge is 0.394 e. The summed E-state index contributed by atoms with van der Waals surface area (Å²) in [5.41, 5.74) is -0.0350. The monoisotopic (exact) mass is 381 g/mol. The average molecular weight is 382 g/mol. The molecule has 1 amide bonds. The SMILES string of the molecule is CCC(CC)(CO)NC(=O)c1ccc(I)c(Cl)c1. The van der Waals surface area contributed by atoms with Gasteiger partial charge in [-0.15, -0.1) is 0 Å². The van der Waals surface area contributed by atoms with Gasteiger partial charge in [0, 0.05) is 9.13 Å². The van der Waals surface area contributed by atoms with Gasteiger partial charge in [0.25, 0.3) is 5.91 Å². The molecule has 0 aromatic heterocycles. The first-order valence-electron chi connectivity index (χ1n) is 5.86. The third-order valence-corrected chi connectivity index (χ3v) is 4.79. The number of benzene rings is 1. The summed E-state index contributed by atoms with van der Waals surface area (Å²) in [4.78, 5) is 12.1. The molecular weight excluding hydrogens is 365 g/mol. The number of aliphatic hydroxyl groups is 1. The molecule has 0 aliphatic rings. The minimum Gasteiger partial charge on any atom is -0.394 e. The number of halogens is 2. The summed E-state index contributed by atoms with van der Waals surface area (Å²) in [7, 11) is 0. The summed E-state index contributed by atoms with van der Waals surface area (Å²) in [6, 6.07) is 5.18. The molecule has 0 fully saturated rings. The number of carbonyl (C=O) groups is 1. The molecular formula is C13H17ClINO2. The Balaban J connectivity index is 2.90. The summed E-state index contributed by atoms with van der Waals surface area (Å²) in [6.07, 6.45) is 1.37. The first kappa shape index (κ1) is 15.7. The third kappa shape index (κ3) is 3.59. The van der Waals surface area contributed by atoms with E-state index in [1.165, 1.54) is 0 Å². The van der Waals surface area contributed by atoms with Gasteiger partial charge >= 0.3 is 0 Å². The summed E-state index contributed by atoms with van der Waals surface area (Å²) < 4.78 is 0.908. The van der Waals surface area contributed by atoms with Gasteiger partial charge in [-0.05, 0) is 53.6 Å². The van der Waals surface area contributed by atoms with E-state index in [0.29, 0.717) is 23.4 Å². The van der Waals surface area contributed by atoms with Gasteiger partial charge in [0.2, 0.25) is 0 Å². The second-order valence-corrected chi connectivity index (χ2v) is 5.80. The van der Waals surface area contributed by atoms with Crippen LogP contribution in [0.1, 0.15) is 37.0 Å². The van der Waals surface area contributed by atoms with E-state index >= 15 is 0 Å². The molecule has 1 rings (SSSR count). The van der Waals surface area contributed by atoms with Crippen LogP contribution < -0.4 is 5.32 Å². The van der Waals surface area contributed by atoms with E-state index in [0.717, 1.165) is 3.57 Å². The molecule has 1 aromatic carbocycles. The van der Waals surface area contributed by atoms with Gasteiger partial charge in [-0.25, -0.2) is 0 Å². The maximum absolute atomic E-state index is 12.1. The number of aliphatic hydroxyl groups excluding tert-OH is 1. The average Bonchev–Trinajstić information content (AvgIpc) is 2.39. The van der Waals surface area contributed by atoms with Crippen LogP contribution in [-0.4, -0.2) is 23.2 Å². The van der Waals surface area contributed by atoms with Crippen molar-refractivity contribution >= 4 is 40.1 Å². The molecule has 3 nitrogen and oxygen atoms in total. The number of carbonyl (C=O) groups excluding carboxylic acids is 1. The van der Waals surface area contributed by atoms with E-state index in [4.69, 9.17) is 11.6 Å². The summed E-state index contributed by atoms with van der Waals surface area (Å²) >= 11 is 8.11. The van der Waals surface area contributed by atoms with Crippen molar-refractivity contribution in [2.75, 3.05) is 6.61 Å². The third-order valence-electron chi connectivity index (χ3n) is 3.22. The molecule has 0 saturated heterocycles. The van der Waals surface area contributed by atoms with Crippen LogP contribution >= 0.6 is 34.2 Å². The minimum atomic E-state index is -0.549. The van der Waals surface area contributed by atoms with Crippen LogP contribution in [0.15, 0.2) is 18.2 Å². The Hall–Kier alpha value is -0.330. The van der Waals surface area contributed by atoms with Gasteiger partial charge in [-0.1, -0.05) is 25.4 Å². The summed E-state index contributed by atoms with van der Waals surface area (Å²) in [6.45, 7) is 3.83. The number of nitrogens with one attached hydrogen (secondary N) is 1. The van der Waals surface area contributed by atoms with Crippen molar-refractivity contribution in [2.45, 2.75) is 32.2 Å². The predicted molar refractivity (Wildman–Crippen MR) is 82.0 cm³/mol. The topological polar surface area (TPSA) is 49.3 Å². The second-order valence-electron chi connectivity index (χ2n) is 4.23. The molecule has 1 aromatic rings. The molecule has 0 atom stereocenters. The van der Waals surface area contributed by atoms with Crippen LogP contribution in [0.25, 0.3) is 0 Å². The first-order valence-corrected chi connectivity index (χ1v) is 7.32. The predicted octanol–water partition coefficient (Wildman–Crippen LogP) is 3.23. The van der Waals surface area contributed by atoms with Crippen molar-refractivity contribution in [3.8, 4) is 0 Å². The molecule has 0 radical (unpaired) electrons. The van der Waals surface area contributed by atoms with Crippen molar-refractivity contribution < 1.29 is 9.90 Å². The zero-order valence-corrected chi connectivity index (χ0v) is 13.4. The standard InChI is InChI=1S/C13H17ClINO2/c1-3-13(4-2,8-17)16-12(18)9-5-6-11(15)10(14)7-9/h5-7,17H,3-4,8H2,1-2H3,(H,16,18). The van der Waals surface area contributed by atoms with Gasteiger partial charge < -0.3 is 10.4 Å². The Morgan fingerprint density at radius 1 is 1.44 bits per heavy atom. The number of hydrogen-bond donors (Lipinski definition) is 2. The van der Waals surface area contributed by atoms with E-state index < -0.39 is 5.54 Å². The van der Waals surface area contributed by atoms with Crippen molar-refractivity contribution in [1.29, 1.82) is 0 Å². The molecule has 100 valence electrons. The van der Waals surface area contributed by atoms with Gasteiger partial charge in [0.15, 0.2) is 0 Å². The van der Waals surface area contributed by atoms with Crippen molar-refractivity contribution in [3.05, 3.63) is 32.4 Å². The molecule has 0 heterocycles. The molecule has 2 N–H and O–H groups in total. The fourth-order valence-electron chi connectivity index (χ4n) is 1.64. The van der Waals surface area contributed by atoms with Crippen LogP contribution in [0.3, 0.4) is 0 Å². The summed E-state index contributed by atoms with van der Waals surface area (Å²) in [5, 5.41) is 12.9. The van der Waals surface area contributed by atoms with E-state index in [-0.39, 0.29) is 12.5 Å². The van der Waals surface area contributed by atoms with Crippen molar-refractivity contribution in [3.63, 3.8) is 0 Å². The molecule has 0 aliphatic heterocycles. The second kappa shape index (κ2) is 6.73. The molecule has 0 saturated carbocycles. The zero-order valence-electron chi connectivity index (χ0n) is 10.5. The lowest BCUT2D eigenvalue weighted by Gasteiger charge is -2.30. The van der Waals surface area contributed by atoms with E-state index in [2.05, 4.69) is 27.9 Å². The molecule has 0 aliphatic carbocycles. The highest BCUT2D eigenvalue weighted by atomic mass is 127. The fraction of sp³-hybridized carbons (Fsp3) is 0.462. The number of amides is 1. The van der Waals surface area contributed by atoms with E-state index in [1.807, 2.05) is 13.8 Å². The van der Waals surface area contributed by atoms with Crippen LogP contribution in [-0.2, 0) is 0 Å². The van der Waals surface area contributed by atoms with Crippen molar-refractivity contribution in [2.24, 2.45) is 0 Å². The Morgan fingerprint density at radius 2 is 2.06 bits per heavy atom. The van der Waals surface area contributed by atoms with Crippen LogP contribution in [0.4, 0.5) is 0 Å². The van der Waals surface area contributed by atoms with Gasteiger partial charge in [0.1, 0.15) is 0 Å². The molecule has 18 heavy (non-hydrogen) atoms. The van der Waals surface area contributed by atoms with Crippen LogP contribution in [0, 0.1) is 3.57 Å². The number of hydrogen-bond acceptors (Lipinski definition) is 2. The Kier molecular flexibility index (Phi) is 5.88. The van der Waals surface area contributed by atoms with Gasteiger partial charge in [-0.3, -0.25) is 4.79 Å².